The number of benzene rings is 1. The van der Waals surface area contributed by atoms with Gasteiger partial charge in [-0.15, -0.1) is 0 Å². The Hall–Kier alpha value is -2.24. The van der Waals surface area contributed by atoms with Gasteiger partial charge in [-0.25, -0.2) is 4.79 Å². The first-order valence-corrected chi connectivity index (χ1v) is 5.76. The van der Waals surface area contributed by atoms with Gasteiger partial charge in [0, 0.05) is 18.8 Å². The van der Waals surface area contributed by atoms with Crippen LogP contribution in [0.5, 0.6) is 0 Å². The van der Waals surface area contributed by atoms with Gasteiger partial charge in [-0.3, -0.25) is 9.89 Å². The lowest BCUT2D eigenvalue weighted by molar-refractivity contribution is 0.254. The second-order valence-corrected chi connectivity index (χ2v) is 3.81. The molecule has 18 heavy (non-hydrogen) atoms. The molecule has 2 amide bonds. The summed E-state index contributed by atoms with van der Waals surface area (Å²) in [5.74, 6) is 0.0949. The van der Waals surface area contributed by atoms with Crippen LogP contribution in [0.15, 0.2) is 29.3 Å². The molecular weight excluding hydrogens is 230 g/mol. The first-order chi connectivity index (χ1) is 8.54. The average molecular weight is 249 g/mol. The van der Waals surface area contributed by atoms with Crippen LogP contribution in [0.4, 0.5) is 10.5 Å². The highest BCUT2D eigenvalue weighted by Crippen LogP contribution is 2.15. The van der Waals surface area contributed by atoms with Crippen molar-refractivity contribution in [1.29, 1.82) is 0 Å². The smallest absolute Gasteiger partial charge is 0.319 e. The molecule has 6 heteroatoms. The molecule has 98 valence electrons. The number of guanidine groups is 1. The molecule has 1 rings (SSSR count). The Kier molecular flexibility index (Phi) is 4.98. The van der Waals surface area contributed by atoms with E-state index in [1.165, 1.54) is 4.90 Å². The number of urea groups is 1. The quantitative estimate of drug-likeness (QED) is 0.519. The lowest BCUT2D eigenvalue weighted by atomic mass is 10.1. The van der Waals surface area contributed by atoms with E-state index in [0.717, 1.165) is 17.7 Å². The number of carbonyl (C=O) groups excluding carboxylic acids is 1. The lowest BCUT2D eigenvalue weighted by Gasteiger charge is -2.18. The zero-order valence-electron chi connectivity index (χ0n) is 10.5. The topological polar surface area (TPSA) is 111 Å². The molecule has 0 aromatic heterocycles. The number of anilines is 1. The van der Waals surface area contributed by atoms with Crippen LogP contribution in [-0.2, 0) is 6.42 Å². The van der Waals surface area contributed by atoms with Crippen molar-refractivity contribution in [2.45, 2.75) is 13.3 Å². The van der Waals surface area contributed by atoms with Crippen LogP contribution >= 0.6 is 0 Å². The summed E-state index contributed by atoms with van der Waals surface area (Å²) in [6.45, 7) is 2.97. The largest absolute Gasteiger partial charge is 0.370 e. The molecule has 0 unspecified atom stereocenters. The normalized spacial score (nSPS) is 9.83. The number of primary amides is 1. The van der Waals surface area contributed by atoms with E-state index in [-0.39, 0.29) is 5.96 Å². The first-order valence-electron chi connectivity index (χ1n) is 5.76. The molecule has 0 saturated carbocycles. The van der Waals surface area contributed by atoms with E-state index in [1.807, 2.05) is 31.2 Å². The first kappa shape index (κ1) is 13.8. The number of nitrogens with two attached hydrogens (primary N) is 3. The summed E-state index contributed by atoms with van der Waals surface area (Å²) in [4.78, 5) is 16.6. The summed E-state index contributed by atoms with van der Waals surface area (Å²) in [7, 11) is 0. The molecular formula is C12H19N5O. The number of hydrogen-bond donors (Lipinski definition) is 3. The third-order valence-corrected chi connectivity index (χ3v) is 2.53. The predicted molar refractivity (Wildman–Crippen MR) is 73.4 cm³/mol. The molecule has 0 heterocycles. The summed E-state index contributed by atoms with van der Waals surface area (Å²) in [6.07, 6.45) is 0.751. The van der Waals surface area contributed by atoms with Gasteiger partial charge in [-0.2, -0.15) is 0 Å². The van der Waals surface area contributed by atoms with Crippen molar-refractivity contribution in [1.82, 2.24) is 0 Å². The Balaban J connectivity index is 2.67. The van der Waals surface area contributed by atoms with Crippen LogP contribution < -0.4 is 22.1 Å². The Morgan fingerprint density at radius 2 is 1.83 bits per heavy atom. The Morgan fingerprint density at radius 3 is 2.28 bits per heavy atom. The monoisotopic (exact) mass is 249 g/mol. The SMILES string of the molecule is CCN(C(N)=O)c1ccc(CCN=C(N)N)cc1. The van der Waals surface area contributed by atoms with Gasteiger partial charge in [-0.05, 0) is 31.0 Å². The Labute approximate surface area is 106 Å². The molecule has 0 aliphatic carbocycles. The van der Waals surface area contributed by atoms with Crippen molar-refractivity contribution >= 4 is 17.7 Å². The van der Waals surface area contributed by atoms with Gasteiger partial charge in [0.15, 0.2) is 5.96 Å². The fraction of sp³-hybridized carbons (Fsp3) is 0.333. The van der Waals surface area contributed by atoms with E-state index in [4.69, 9.17) is 17.2 Å². The molecule has 6 N–H and O–H groups in total. The number of hydrogen-bond acceptors (Lipinski definition) is 2. The molecule has 0 atom stereocenters. The standard InChI is InChI=1S/C12H19N5O/c1-2-17(12(15)18)10-5-3-9(4-6-10)7-8-16-11(13)14/h3-6H,2,7-8H2,1H3,(H2,15,18)(H4,13,14,16). The maximum absolute atomic E-state index is 11.2. The Bertz CT molecular complexity index is 423. The molecule has 0 aliphatic rings. The van der Waals surface area contributed by atoms with E-state index in [1.54, 1.807) is 0 Å². The Morgan fingerprint density at radius 1 is 1.22 bits per heavy atom. The van der Waals surface area contributed by atoms with Crippen molar-refractivity contribution in [2.24, 2.45) is 22.2 Å². The van der Waals surface area contributed by atoms with Crippen molar-refractivity contribution in [3.8, 4) is 0 Å². The third-order valence-electron chi connectivity index (χ3n) is 2.53. The van der Waals surface area contributed by atoms with Crippen LogP contribution in [0, 0.1) is 0 Å². The third kappa shape index (κ3) is 3.97. The average Bonchev–Trinajstić information content (AvgIpc) is 2.31. The zero-order chi connectivity index (χ0) is 13.5. The molecule has 1 aromatic rings. The highest BCUT2D eigenvalue weighted by molar-refractivity contribution is 5.90. The molecule has 0 bridgehead atoms. The number of nitrogens with zero attached hydrogens (tertiary/aromatic N) is 2. The highest BCUT2D eigenvalue weighted by Gasteiger charge is 2.08. The minimum absolute atomic E-state index is 0.0949. The van der Waals surface area contributed by atoms with E-state index in [0.29, 0.717) is 13.1 Å². The second kappa shape index (κ2) is 6.48. The van der Waals surface area contributed by atoms with E-state index in [2.05, 4.69) is 4.99 Å². The molecule has 0 aliphatic heterocycles. The van der Waals surface area contributed by atoms with Gasteiger partial charge in [0.05, 0.1) is 0 Å². The molecule has 0 radical (unpaired) electrons. The van der Waals surface area contributed by atoms with Crippen LogP contribution in [-0.4, -0.2) is 25.1 Å². The minimum atomic E-state index is -0.453. The van der Waals surface area contributed by atoms with Gasteiger partial charge in [-0.1, -0.05) is 12.1 Å². The summed E-state index contributed by atoms with van der Waals surface area (Å²) in [5.41, 5.74) is 17.6. The van der Waals surface area contributed by atoms with E-state index in [9.17, 15) is 4.79 Å². The summed E-state index contributed by atoms with van der Waals surface area (Å²) in [6, 6.07) is 7.13. The lowest BCUT2D eigenvalue weighted by Crippen LogP contribution is -2.35. The number of rotatable bonds is 5. The zero-order valence-corrected chi connectivity index (χ0v) is 10.5. The van der Waals surface area contributed by atoms with Gasteiger partial charge in [0.1, 0.15) is 0 Å². The molecule has 0 saturated heterocycles. The van der Waals surface area contributed by atoms with Crippen LogP contribution in [0.1, 0.15) is 12.5 Å². The van der Waals surface area contributed by atoms with Crippen LogP contribution in [0.25, 0.3) is 0 Å². The van der Waals surface area contributed by atoms with Gasteiger partial charge < -0.3 is 17.2 Å². The van der Waals surface area contributed by atoms with Crippen LogP contribution in [0.3, 0.4) is 0 Å². The number of aliphatic imine (C=N–C) groups is 1. The molecule has 0 fully saturated rings. The van der Waals surface area contributed by atoms with Gasteiger partial charge in [0.25, 0.3) is 0 Å². The van der Waals surface area contributed by atoms with Gasteiger partial charge >= 0.3 is 6.03 Å². The minimum Gasteiger partial charge on any atom is -0.370 e. The fourth-order valence-corrected chi connectivity index (χ4v) is 1.62. The van der Waals surface area contributed by atoms with Crippen molar-refractivity contribution < 1.29 is 4.79 Å². The number of carbonyl (C=O) groups is 1. The van der Waals surface area contributed by atoms with E-state index >= 15 is 0 Å². The van der Waals surface area contributed by atoms with Gasteiger partial charge in [0.2, 0.25) is 0 Å². The molecule has 0 spiro atoms. The maximum atomic E-state index is 11.2. The van der Waals surface area contributed by atoms with Crippen molar-refractivity contribution in [3.05, 3.63) is 29.8 Å². The maximum Gasteiger partial charge on any atom is 0.319 e. The summed E-state index contributed by atoms with van der Waals surface area (Å²) < 4.78 is 0. The summed E-state index contributed by atoms with van der Waals surface area (Å²) >= 11 is 0. The molecule has 1 aromatic carbocycles. The highest BCUT2D eigenvalue weighted by atomic mass is 16.2. The summed E-state index contributed by atoms with van der Waals surface area (Å²) in [5, 5.41) is 0. The molecule has 6 nitrogen and oxygen atoms in total. The predicted octanol–water partition coefficient (Wildman–Crippen LogP) is 0.408. The second-order valence-electron chi connectivity index (χ2n) is 3.81. The van der Waals surface area contributed by atoms with Crippen LogP contribution in [0.2, 0.25) is 0 Å². The van der Waals surface area contributed by atoms with E-state index < -0.39 is 6.03 Å². The fourth-order valence-electron chi connectivity index (χ4n) is 1.62. The number of amides is 2. The van der Waals surface area contributed by atoms with Crippen molar-refractivity contribution in [3.63, 3.8) is 0 Å². The van der Waals surface area contributed by atoms with Crippen molar-refractivity contribution in [2.75, 3.05) is 18.0 Å².